The number of anilines is 2. The molecule has 0 unspecified atom stereocenters. The van der Waals surface area contributed by atoms with Crippen LogP contribution in [0.4, 0.5) is 11.4 Å². The first kappa shape index (κ1) is 25.0. The number of carbonyl (C=O) groups is 2. The number of Topliss-reactive ketones (excluding diaryl/α,β-unsaturated/α-hetero) is 1. The predicted molar refractivity (Wildman–Crippen MR) is 150 cm³/mol. The molecule has 37 heavy (non-hydrogen) atoms. The zero-order chi connectivity index (χ0) is 25.8. The number of aryl methyl sites for hydroxylation is 1. The minimum Gasteiger partial charge on any atom is -0.369 e. The van der Waals surface area contributed by atoms with E-state index in [0.717, 1.165) is 81.0 Å². The van der Waals surface area contributed by atoms with Crippen LogP contribution in [0.25, 0.3) is 11.1 Å². The van der Waals surface area contributed by atoms with Crippen molar-refractivity contribution in [2.24, 2.45) is 0 Å². The van der Waals surface area contributed by atoms with Crippen molar-refractivity contribution in [3.05, 3.63) is 83.7 Å². The van der Waals surface area contributed by atoms with E-state index in [0.29, 0.717) is 11.4 Å². The van der Waals surface area contributed by atoms with E-state index < -0.39 is 11.7 Å². The minimum absolute atomic E-state index is 0.483. The Morgan fingerprint density at radius 2 is 1.62 bits per heavy atom. The first-order chi connectivity index (χ1) is 18.0. The summed E-state index contributed by atoms with van der Waals surface area (Å²) < 4.78 is 2.05. The van der Waals surface area contributed by atoms with Gasteiger partial charge in [0.2, 0.25) is 0 Å². The number of nitrogens with one attached hydrogen (secondary N) is 1. The van der Waals surface area contributed by atoms with Gasteiger partial charge in [-0.1, -0.05) is 42.0 Å². The fraction of sp³-hybridized carbons (Fsp3) is 0.355. The molecule has 3 aromatic rings. The molecule has 2 aliphatic heterocycles. The number of nitrogens with zero attached hydrogens (tertiary/aromatic N) is 3. The molecule has 0 atom stereocenters. The monoisotopic (exact) mass is 496 g/mol. The van der Waals surface area contributed by atoms with Gasteiger partial charge >= 0.3 is 0 Å². The topological polar surface area (TPSA) is 57.6 Å². The standard InChI is InChI=1S/C31H36N4O2/c1-23(2)15-17-33-18-20-34(21-19-33)26-13-11-25(12-14-26)32-31(37)30(36)29-28(24-8-4-3-5-9-24)22-27-10-6-7-16-35(27)29/h3-5,8-9,11-15,22H,6-7,10,16-21H2,1-2H3,(H,32,37). The zero-order valence-electron chi connectivity index (χ0n) is 21.9. The van der Waals surface area contributed by atoms with Gasteiger partial charge in [0, 0.05) is 61.9 Å². The van der Waals surface area contributed by atoms with Gasteiger partial charge in [0.1, 0.15) is 5.69 Å². The average molecular weight is 497 g/mol. The van der Waals surface area contributed by atoms with Crippen molar-refractivity contribution in [3.8, 4) is 11.1 Å². The molecule has 0 bridgehead atoms. The number of allylic oxidation sites excluding steroid dienone is 1. The lowest BCUT2D eigenvalue weighted by molar-refractivity contribution is -0.112. The third kappa shape index (κ3) is 5.70. The molecule has 1 fully saturated rings. The van der Waals surface area contributed by atoms with Gasteiger partial charge in [-0.2, -0.15) is 0 Å². The van der Waals surface area contributed by atoms with Crippen molar-refractivity contribution in [2.75, 3.05) is 42.9 Å². The lowest BCUT2D eigenvalue weighted by Crippen LogP contribution is -2.46. The van der Waals surface area contributed by atoms with Crippen molar-refractivity contribution >= 4 is 23.1 Å². The summed E-state index contributed by atoms with van der Waals surface area (Å²) in [6, 6.07) is 19.8. The van der Waals surface area contributed by atoms with Crippen LogP contribution in [0.3, 0.4) is 0 Å². The Bertz CT molecular complexity index is 1280. The van der Waals surface area contributed by atoms with Gasteiger partial charge in [-0.05, 0) is 69.0 Å². The van der Waals surface area contributed by atoms with Crippen molar-refractivity contribution in [3.63, 3.8) is 0 Å². The molecule has 0 radical (unpaired) electrons. The molecule has 1 aromatic heterocycles. The van der Waals surface area contributed by atoms with Gasteiger partial charge in [-0.3, -0.25) is 14.5 Å². The highest BCUT2D eigenvalue weighted by atomic mass is 16.2. The fourth-order valence-corrected chi connectivity index (χ4v) is 5.27. The van der Waals surface area contributed by atoms with Crippen LogP contribution >= 0.6 is 0 Å². The lowest BCUT2D eigenvalue weighted by atomic mass is 10.0. The number of piperazine rings is 1. The molecule has 192 valence electrons. The van der Waals surface area contributed by atoms with Gasteiger partial charge in [0.15, 0.2) is 0 Å². The molecule has 2 aromatic carbocycles. The van der Waals surface area contributed by atoms with Crippen LogP contribution in [0.1, 0.15) is 42.9 Å². The predicted octanol–water partition coefficient (Wildman–Crippen LogP) is 5.40. The number of amides is 1. The van der Waals surface area contributed by atoms with E-state index in [1.54, 1.807) is 0 Å². The van der Waals surface area contributed by atoms with E-state index in [1.165, 1.54) is 5.57 Å². The second kappa shape index (κ2) is 11.2. The molecule has 1 saturated heterocycles. The number of rotatable bonds is 7. The summed E-state index contributed by atoms with van der Waals surface area (Å²) in [6.45, 7) is 10.1. The molecule has 0 saturated carbocycles. The number of aromatic nitrogens is 1. The number of hydrogen-bond acceptors (Lipinski definition) is 4. The summed E-state index contributed by atoms with van der Waals surface area (Å²) >= 11 is 0. The maximum Gasteiger partial charge on any atom is 0.298 e. The number of fused-ring (bicyclic) bond motifs is 1. The molecule has 1 amide bonds. The van der Waals surface area contributed by atoms with Gasteiger partial charge in [0.05, 0.1) is 0 Å². The summed E-state index contributed by atoms with van der Waals surface area (Å²) in [6.07, 6.45) is 5.33. The summed E-state index contributed by atoms with van der Waals surface area (Å²) in [5.74, 6) is -1.08. The second-order valence-corrected chi connectivity index (χ2v) is 10.3. The minimum atomic E-state index is -0.593. The van der Waals surface area contributed by atoms with Gasteiger partial charge in [0.25, 0.3) is 11.7 Å². The smallest absolute Gasteiger partial charge is 0.298 e. The maximum absolute atomic E-state index is 13.5. The van der Waals surface area contributed by atoms with Crippen LogP contribution in [-0.2, 0) is 17.8 Å². The van der Waals surface area contributed by atoms with Gasteiger partial charge in [-0.15, -0.1) is 0 Å². The largest absolute Gasteiger partial charge is 0.369 e. The molecule has 1 N–H and O–H groups in total. The summed E-state index contributed by atoms with van der Waals surface area (Å²) in [5, 5.41) is 2.84. The Labute approximate surface area is 219 Å². The SMILES string of the molecule is CC(C)=CCN1CCN(c2ccc(NC(=O)C(=O)c3c(-c4ccccc4)cc4n3CCCC4)cc2)CC1. The highest BCUT2D eigenvalue weighted by Crippen LogP contribution is 2.31. The van der Waals surface area contributed by atoms with Gasteiger partial charge < -0.3 is 14.8 Å². The van der Waals surface area contributed by atoms with E-state index in [2.05, 4.69) is 41.1 Å². The average Bonchev–Trinajstić information content (AvgIpc) is 3.32. The molecule has 6 heteroatoms. The summed E-state index contributed by atoms with van der Waals surface area (Å²) in [4.78, 5) is 31.4. The van der Waals surface area contributed by atoms with Crippen molar-refractivity contribution in [2.45, 2.75) is 39.7 Å². The molecule has 0 spiro atoms. The van der Waals surface area contributed by atoms with Crippen LogP contribution in [0.5, 0.6) is 0 Å². The molecule has 6 nitrogen and oxygen atoms in total. The van der Waals surface area contributed by atoms with Crippen molar-refractivity contribution < 1.29 is 9.59 Å². The third-order valence-corrected chi connectivity index (χ3v) is 7.37. The van der Waals surface area contributed by atoms with Crippen LogP contribution in [-0.4, -0.2) is 53.9 Å². The molecular formula is C31H36N4O2. The Morgan fingerprint density at radius 1 is 0.892 bits per heavy atom. The normalized spacial score (nSPS) is 15.7. The zero-order valence-corrected chi connectivity index (χ0v) is 21.9. The van der Waals surface area contributed by atoms with Crippen molar-refractivity contribution in [1.29, 1.82) is 0 Å². The van der Waals surface area contributed by atoms with Crippen LogP contribution in [0.2, 0.25) is 0 Å². The summed E-state index contributed by atoms with van der Waals surface area (Å²) in [5.41, 5.74) is 6.57. The second-order valence-electron chi connectivity index (χ2n) is 10.3. The Morgan fingerprint density at radius 3 is 2.32 bits per heavy atom. The van der Waals surface area contributed by atoms with Crippen LogP contribution < -0.4 is 10.2 Å². The van der Waals surface area contributed by atoms with Crippen molar-refractivity contribution in [1.82, 2.24) is 9.47 Å². The number of benzene rings is 2. The van der Waals surface area contributed by atoms with E-state index in [4.69, 9.17) is 0 Å². The van der Waals surface area contributed by atoms with Gasteiger partial charge in [-0.25, -0.2) is 0 Å². The third-order valence-electron chi connectivity index (χ3n) is 7.37. The highest BCUT2D eigenvalue weighted by Gasteiger charge is 2.28. The Hall–Kier alpha value is -3.64. The molecule has 0 aliphatic carbocycles. The number of hydrogen-bond donors (Lipinski definition) is 1. The molecule has 5 rings (SSSR count). The van der Waals surface area contributed by atoms with Crippen LogP contribution in [0.15, 0.2) is 72.3 Å². The Balaban J connectivity index is 1.27. The quantitative estimate of drug-likeness (QED) is 0.270. The Kier molecular flexibility index (Phi) is 7.56. The maximum atomic E-state index is 13.5. The first-order valence-corrected chi connectivity index (χ1v) is 13.3. The van der Waals surface area contributed by atoms with Crippen LogP contribution in [0, 0.1) is 0 Å². The number of ketones is 1. The number of carbonyl (C=O) groups excluding carboxylic acids is 2. The highest BCUT2D eigenvalue weighted by molar-refractivity contribution is 6.47. The summed E-state index contributed by atoms with van der Waals surface area (Å²) in [7, 11) is 0. The molecule has 3 heterocycles. The van der Waals surface area contributed by atoms with E-state index in [1.807, 2.05) is 59.2 Å². The molecule has 2 aliphatic rings. The molecular weight excluding hydrogens is 460 g/mol. The fourth-order valence-electron chi connectivity index (χ4n) is 5.27. The van der Waals surface area contributed by atoms with E-state index >= 15 is 0 Å². The lowest BCUT2D eigenvalue weighted by Gasteiger charge is -2.35. The van der Waals surface area contributed by atoms with E-state index in [-0.39, 0.29) is 0 Å². The van der Waals surface area contributed by atoms with E-state index in [9.17, 15) is 9.59 Å². The first-order valence-electron chi connectivity index (χ1n) is 13.3.